The highest BCUT2D eigenvalue weighted by Gasteiger charge is 2.44. The number of imidazole rings is 1. The van der Waals surface area contributed by atoms with Gasteiger partial charge in [0.1, 0.15) is 4.60 Å². The lowest BCUT2D eigenvalue weighted by Crippen LogP contribution is -2.49. The Morgan fingerprint density at radius 1 is 1.33 bits per heavy atom. The van der Waals surface area contributed by atoms with Crippen LogP contribution in [0, 0.1) is 11.3 Å². The van der Waals surface area contributed by atoms with Gasteiger partial charge in [-0.05, 0) is 46.7 Å². The van der Waals surface area contributed by atoms with Gasteiger partial charge in [0.15, 0.2) is 11.2 Å². The van der Waals surface area contributed by atoms with Gasteiger partial charge in [0.2, 0.25) is 0 Å². The Hall–Kier alpha value is -3.01. The number of nitrogens with one attached hydrogen (secondary N) is 1. The number of hydrogen-bond donors (Lipinski definition) is 2. The quantitative estimate of drug-likeness (QED) is 0.333. The van der Waals surface area contributed by atoms with Gasteiger partial charge in [-0.3, -0.25) is 9.36 Å². The minimum absolute atomic E-state index is 0.0413. The molecule has 2 N–H and O–H groups in total. The minimum atomic E-state index is -4.04. The van der Waals surface area contributed by atoms with Crippen molar-refractivity contribution in [1.29, 1.82) is 5.26 Å². The number of aliphatic hydroxyl groups excluding tert-OH is 1. The predicted molar refractivity (Wildman–Crippen MR) is 120 cm³/mol. The molecule has 3 rings (SSSR count). The van der Waals surface area contributed by atoms with Gasteiger partial charge in [-0.15, -0.1) is 0 Å². The van der Waals surface area contributed by atoms with Gasteiger partial charge in [0.25, 0.3) is 0 Å². The van der Waals surface area contributed by atoms with Gasteiger partial charge in [-0.2, -0.15) is 14.0 Å². The maximum Gasteiger partial charge on any atom is 0.377 e. The molecule has 1 atom stereocenters. The third-order valence-electron chi connectivity index (χ3n) is 4.49. The van der Waals surface area contributed by atoms with Crippen molar-refractivity contribution < 1.29 is 28.2 Å². The number of nitrogens with zero attached hydrogens (tertiary/aromatic N) is 3. The van der Waals surface area contributed by atoms with Crippen LogP contribution in [0.2, 0.25) is 0 Å². The molecule has 0 spiro atoms. The van der Waals surface area contributed by atoms with Crippen LogP contribution in [0.4, 0.5) is 8.78 Å². The summed E-state index contributed by atoms with van der Waals surface area (Å²) >= 11 is 3.16. The van der Waals surface area contributed by atoms with Gasteiger partial charge < -0.3 is 15.2 Å². The number of carbonyl (C=O) groups is 2. The molecule has 1 heterocycles. The van der Waals surface area contributed by atoms with E-state index in [2.05, 4.69) is 31.7 Å². The normalized spacial score (nSPS) is 12.2. The zero-order chi connectivity index (χ0) is 24.2. The van der Waals surface area contributed by atoms with E-state index in [-0.39, 0.29) is 23.5 Å². The number of alkyl halides is 2. The lowest BCUT2D eigenvalue weighted by atomic mass is 10.0. The van der Waals surface area contributed by atoms with E-state index in [0.717, 1.165) is 0 Å². The van der Waals surface area contributed by atoms with E-state index in [1.807, 2.05) is 0 Å². The average molecular weight is 539 g/mol. The van der Waals surface area contributed by atoms with Crippen molar-refractivity contribution in [2.45, 2.75) is 23.4 Å². The number of halogens is 3. The number of benzene rings is 2. The number of amides is 1. The molecule has 0 aliphatic heterocycles. The Balaban J connectivity index is 1.95. The zero-order valence-electron chi connectivity index (χ0n) is 17.1. The first-order valence-corrected chi connectivity index (χ1v) is 11.1. The highest BCUT2D eigenvalue weighted by molar-refractivity contribution is 9.10. The summed E-state index contributed by atoms with van der Waals surface area (Å²) in [5.41, 5.74) is 0.881. The highest BCUT2D eigenvalue weighted by Crippen LogP contribution is 2.39. The molecule has 1 amide bonds. The number of aliphatic hydroxyl groups is 1. The summed E-state index contributed by atoms with van der Waals surface area (Å²) in [4.78, 5) is 27.9. The lowest BCUT2D eigenvalue weighted by molar-refractivity contribution is -0.150. The van der Waals surface area contributed by atoms with Crippen LogP contribution in [0.25, 0.3) is 16.5 Å². The number of thioether (sulfide) groups is 1. The molecule has 1 aromatic heterocycles. The average Bonchev–Trinajstić information content (AvgIpc) is 3.15. The Labute approximate surface area is 199 Å². The second-order valence-corrected chi connectivity index (χ2v) is 8.46. The fraction of sp³-hybridized carbons (Fsp3) is 0.238. The van der Waals surface area contributed by atoms with Crippen LogP contribution in [-0.2, 0) is 14.3 Å². The van der Waals surface area contributed by atoms with Crippen LogP contribution in [0.15, 0.2) is 52.4 Å². The van der Waals surface area contributed by atoms with Gasteiger partial charge >= 0.3 is 17.1 Å². The Morgan fingerprint density at radius 3 is 2.67 bits per heavy atom. The van der Waals surface area contributed by atoms with Crippen LogP contribution in [-0.4, -0.2) is 51.0 Å². The van der Waals surface area contributed by atoms with Crippen molar-refractivity contribution in [1.82, 2.24) is 14.9 Å². The summed E-state index contributed by atoms with van der Waals surface area (Å²) in [5.74, 6) is -2.81. The predicted octanol–water partition coefficient (Wildman–Crippen LogP) is 3.38. The number of carbonyl (C=O) groups excluding carboxylic acids is 2. The Bertz CT molecular complexity index is 1240. The minimum Gasteiger partial charge on any atom is -0.464 e. The molecule has 3 aromatic rings. The van der Waals surface area contributed by atoms with Gasteiger partial charge in [0.05, 0.1) is 36.7 Å². The molecular formula is C21H17BrF2N4O4S. The second-order valence-electron chi connectivity index (χ2n) is 6.57. The topological polar surface area (TPSA) is 117 Å². The first-order chi connectivity index (χ1) is 15.7. The standard InChI is InChI=1S/C21H17BrF2N4O4S/c1-2-32-18(30)15(11-29)27-19(31)21(23,24)33-20-26-10-17(22)28(20)16-8-7-12(9-25)13-5-3-4-6-14(13)16/h3-8,10,15,29H,2,11H2,1H3,(H,27,31). The number of hydrogen-bond acceptors (Lipinski definition) is 7. The molecule has 0 fully saturated rings. The smallest absolute Gasteiger partial charge is 0.377 e. The molecule has 2 aromatic carbocycles. The zero-order valence-corrected chi connectivity index (χ0v) is 19.5. The summed E-state index contributed by atoms with van der Waals surface area (Å²) in [6, 6.07) is 10.6. The first-order valence-electron chi connectivity index (χ1n) is 9.54. The van der Waals surface area contributed by atoms with E-state index >= 15 is 0 Å². The Morgan fingerprint density at radius 2 is 2.03 bits per heavy atom. The van der Waals surface area contributed by atoms with Gasteiger partial charge in [-0.1, -0.05) is 24.3 Å². The SMILES string of the molecule is CCOC(=O)C(CO)NC(=O)C(F)(F)Sc1ncc(Br)n1-c1ccc(C#N)c2ccccc12. The second kappa shape index (κ2) is 10.3. The lowest BCUT2D eigenvalue weighted by Gasteiger charge is -2.20. The van der Waals surface area contributed by atoms with Crippen LogP contribution in [0.1, 0.15) is 12.5 Å². The first kappa shape index (κ1) is 24.6. The molecule has 0 bridgehead atoms. The summed E-state index contributed by atoms with van der Waals surface area (Å²) in [6.07, 6.45) is 1.30. The van der Waals surface area contributed by atoms with Crippen molar-refractivity contribution >= 4 is 50.3 Å². The number of aromatic nitrogens is 2. The van der Waals surface area contributed by atoms with E-state index in [1.165, 1.54) is 17.7 Å². The Kier molecular flexibility index (Phi) is 7.68. The van der Waals surface area contributed by atoms with Gasteiger partial charge in [-0.25, -0.2) is 9.78 Å². The van der Waals surface area contributed by atoms with Crippen molar-refractivity contribution in [3.8, 4) is 11.8 Å². The summed E-state index contributed by atoms with van der Waals surface area (Å²) < 4.78 is 36.0. The van der Waals surface area contributed by atoms with E-state index in [1.54, 1.807) is 41.7 Å². The third-order valence-corrected chi connectivity index (χ3v) is 5.96. The number of nitriles is 1. The number of rotatable bonds is 8. The molecule has 0 saturated heterocycles. The molecule has 0 aliphatic rings. The van der Waals surface area contributed by atoms with Crippen molar-refractivity contribution in [3.05, 3.63) is 52.8 Å². The van der Waals surface area contributed by atoms with Crippen LogP contribution >= 0.6 is 27.7 Å². The maximum absolute atomic E-state index is 14.8. The van der Waals surface area contributed by atoms with Gasteiger partial charge in [0, 0.05) is 10.8 Å². The van der Waals surface area contributed by atoms with E-state index in [9.17, 15) is 28.7 Å². The molecule has 33 heavy (non-hydrogen) atoms. The number of esters is 1. The van der Waals surface area contributed by atoms with E-state index in [0.29, 0.717) is 26.6 Å². The highest BCUT2D eigenvalue weighted by atomic mass is 79.9. The van der Waals surface area contributed by atoms with Crippen molar-refractivity contribution in [2.24, 2.45) is 0 Å². The summed E-state index contributed by atoms with van der Waals surface area (Å²) in [7, 11) is 0. The van der Waals surface area contributed by atoms with E-state index in [4.69, 9.17) is 0 Å². The molecule has 0 aliphatic carbocycles. The molecule has 1 unspecified atom stereocenters. The number of ether oxygens (including phenoxy) is 1. The van der Waals surface area contributed by atoms with E-state index < -0.39 is 29.8 Å². The summed E-state index contributed by atoms with van der Waals surface area (Å²) in [5, 5.41) is 17.4. The molecule has 8 nitrogen and oxygen atoms in total. The van der Waals surface area contributed by atoms with Crippen LogP contribution in [0.5, 0.6) is 0 Å². The molecule has 12 heteroatoms. The van der Waals surface area contributed by atoms with Crippen molar-refractivity contribution in [2.75, 3.05) is 13.2 Å². The molecule has 172 valence electrons. The fourth-order valence-corrected chi connectivity index (χ4v) is 4.36. The largest absolute Gasteiger partial charge is 0.464 e. The maximum atomic E-state index is 14.8. The van der Waals surface area contributed by atoms with Crippen molar-refractivity contribution in [3.63, 3.8) is 0 Å². The third kappa shape index (κ3) is 5.16. The molecule has 0 radical (unpaired) electrons. The summed E-state index contributed by atoms with van der Waals surface area (Å²) in [6.45, 7) is 0.562. The number of fused-ring (bicyclic) bond motifs is 1. The molecular weight excluding hydrogens is 522 g/mol. The fourth-order valence-electron chi connectivity index (χ4n) is 3.01. The van der Waals surface area contributed by atoms with Crippen LogP contribution < -0.4 is 5.32 Å². The van der Waals surface area contributed by atoms with Crippen LogP contribution in [0.3, 0.4) is 0 Å². The monoisotopic (exact) mass is 538 g/mol. The molecule has 0 saturated carbocycles.